The maximum atomic E-state index is 11.6. The van der Waals surface area contributed by atoms with Gasteiger partial charge in [0.15, 0.2) is 12.2 Å². The number of hydrogen-bond donors (Lipinski definition) is 2. The second-order valence-electron chi connectivity index (χ2n) is 5.52. The third-order valence-corrected chi connectivity index (χ3v) is 2.41. The van der Waals surface area contributed by atoms with Crippen molar-refractivity contribution in [2.45, 2.75) is 45.2 Å². The van der Waals surface area contributed by atoms with Crippen LogP contribution >= 0.6 is 0 Å². The minimum atomic E-state index is -1.98. The van der Waals surface area contributed by atoms with Crippen LogP contribution < -0.4 is 0 Å². The van der Waals surface area contributed by atoms with Gasteiger partial charge in [0.2, 0.25) is 0 Å². The van der Waals surface area contributed by atoms with E-state index in [0.717, 1.165) is 5.56 Å². The zero-order valence-electron chi connectivity index (χ0n) is 12.3. The smallest absolute Gasteiger partial charge is 0.338 e. The monoisotopic (exact) mass is 296 g/mol. The van der Waals surface area contributed by atoms with E-state index in [1.807, 2.05) is 6.07 Å². The molecule has 1 aromatic carbocycles. The maximum absolute atomic E-state index is 11.6. The quantitative estimate of drug-likeness (QED) is 0.780. The van der Waals surface area contributed by atoms with E-state index in [-0.39, 0.29) is 6.61 Å². The van der Waals surface area contributed by atoms with E-state index in [1.54, 1.807) is 45.0 Å². The third kappa shape index (κ3) is 5.93. The summed E-state index contributed by atoms with van der Waals surface area (Å²) in [5.41, 5.74) is -0.101. The summed E-state index contributed by atoms with van der Waals surface area (Å²) in [4.78, 5) is 23.1. The van der Waals surface area contributed by atoms with Gasteiger partial charge in [0, 0.05) is 0 Å². The molecule has 0 radical (unpaired) electrons. The van der Waals surface area contributed by atoms with Gasteiger partial charge in [-0.3, -0.25) is 0 Å². The summed E-state index contributed by atoms with van der Waals surface area (Å²) in [6, 6.07) is 8.84. The first-order valence-electron chi connectivity index (χ1n) is 6.50. The first-order chi connectivity index (χ1) is 9.70. The molecule has 0 heterocycles. The van der Waals surface area contributed by atoms with Gasteiger partial charge >= 0.3 is 11.9 Å². The van der Waals surface area contributed by atoms with Gasteiger partial charge in [0.05, 0.1) is 0 Å². The van der Waals surface area contributed by atoms with Gasteiger partial charge in [0.25, 0.3) is 0 Å². The molecule has 0 aliphatic carbocycles. The zero-order chi connectivity index (χ0) is 16.0. The van der Waals surface area contributed by atoms with Gasteiger partial charge in [-0.1, -0.05) is 30.3 Å². The first kappa shape index (κ1) is 17.1. The van der Waals surface area contributed by atoms with Crippen molar-refractivity contribution in [3.63, 3.8) is 0 Å². The average Bonchev–Trinajstić information content (AvgIpc) is 2.42. The minimum absolute atomic E-state index is 0.0578. The molecular formula is C15H20O6. The predicted molar refractivity (Wildman–Crippen MR) is 74.1 cm³/mol. The maximum Gasteiger partial charge on any atom is 0.338 e. The summed E-state index contributed by atoms with van der Waals surface area (Å²) in [6.07, 6.45) is -3.96. The zero-order valence-corrected chi connectivity index (χ0v) is 12.3. The number of esters is 2. The van der Waals surface area contributed by atoms with Crippen molar-refractivity contribution in [1.82, 2.24) is 0 Å². The fourth-order valence-corrected chi connectivity index (χ4v) is 1.43. The van der Waals surface area contributed by atoms with E-state index in [4.69, 9.17) is 9.47 Å². The molecule has 0 aliphatic rings. The Balaban J connectivity index is 2.51. The number of ether oxygens (including phenoxy) is 2. The average molecular weight is 296 g/mol. The number of rotatable bonds is 5. The van der Waals surface area contributed by atoms with Crippen molar-refractivity contribution >= 4 is 11.9 Å². The van der Waals surface area contributed by atoms with Crippen LogP contribution in [0.25, 0.3) is 0 Å². The summed E-state index contributed by atoms with van der Waals surface area (Å²) >= 11 is 0. The Labute approximate surface area is 123 Å². The lowest BCUT2D eigenvalue weighted by molar-refractivity contribution is -0.180. The van der Waals surface area contributed by atoms with Crippen LogP contribution in [-0.2, 0) is 25.7 Å². The van der Waals surface area contributed by atoms with Crippen molar-refractivity contribution in [1.29, 1.82) is 0 Å². The highest BCUT2D eigenvalue weighted by Gasteiger charge is 2.34. The van der Waals surface area contributed by atoms with Gasteiger partial charge in [-0.15, -0.1) is 0 Å². The van der Waals surface area contributed by atoms with Gasteiger partial charge < -0.3 is 19.7 Å². The molecule has 0 aromatic heterocycles. The van der Waals surface area contributed by atoms with Crippen LogP contribution in [0, 0.1) is 0 Å². The number of benzene rings is 1. The molecule has 0 saturated heterocycles. The molecular weight excluding hydrogens is 276 g/mol. The summed E-state index contributed by atoms with van der Waals surface area (Å²) in [5, 5.41) is 19.2. The van der Waals surface area contributed by atoms with Crippen LogP contribution in [0.5, 0.6) is 0 Å². The van der Waals surface area contributed by atoms with Crippen molar-refractivity contribution in [3.8, 4) is 0 Å². The molecule has 0 unspecified atom stereocenters. The third-order valence-electron chi connectivity index (χ3n) is 2.41. The van der Waals surface area contributed by atoms with Crippen LogP contribution in [0.2, 0.25) is 0 Å². The number of aliphatic hydroxyl groups is 2. The fourth-order valence-electron chi connectivity index (χ4n) is 1.43. The second-order valence-corrected chi connectivity index (χ2v) is 5.52. The lowest BCUT2D eigenvalue weighted by Crippen LogP contribution is -2.43. The molecule has 0 bridgehead atoms. The Bertz CT molecular complexity index is 477. The highest BCUT2D eigenvalue weighted by atomic mass is 16.6. The SMILES string of the molecule is CC(C)(C)OC(=O)[C@H](O)[C@@H](O)C(=O)OCc1ccccc1. The van der Waals surface area contributed by atoms with E-state index in [0.29, 0.717) is 0 Å². The molecule has 0 fully saturated rings. The minimum Gasteiger partial charge on any atom is -0.459 e. The molecule has 2 atom stereocenters. The second kappa shape index (κ2) is 7.19. The van der Waals surface area contributed by atoms with Crippen LogP contribution in [0.1, 0.15) is 26.3 Å². The van der Waals surface area contributed by atoms with Crippen LogP contribution in [0.15, 0.2) is 30.3 Å². The van der Waals surface area contributed by atoms with Crippen molar-refractivity contribution in [2.24, 2.45) is 0 Å². The highest BCUT2D eigenvalue weighted by molar-refractivity contribution is 5.85. The molecule has 2 N–H and O–H groups in total. The Morgan fingerprint density at radius 3 is 2.10 bits per heavy atom. The number of carbonyl (C=O) groups excluding carboxylic acids is 2. The van der Waals surface area contributed by atoms with Crippen molar-refractivity contribution in [2.75, 3.05) is 0 Å². The summed E-state index contributed by atoms with van der Waals surface area (Å²) in [7, 11) is 0. The van der Waals surface area contributed by atoms with E-state index in [9.17, 15) is 19.8 Å². The Hall–Kier alpha value is -1.92. The summed E-state index contributed by atoms with van der Waals surface area (Å²) in [6.45, 7) is 4.77. The topological polar surface area (TPSA) is 93.1 Å². The lowest BCUT2D eigenvalue weighted by atomic mass is 10.1. The molecule has 0 spiro atoms. The molecule has 1 aromatic rings. The van der Waals surface area contributed by atoms with Crippen LogP contribution in [0.3, 0.4) is 0 Å². The number of hydrogen-bond acceptors (Lipinski definition) is 6. The van der Waals surface area contributed by atoms with Crippen LogP contribution in [-0.4, -0.2) is 40.0 Å². The molecule has 0 saturated carbocycles. The number of carbonyl (C=O) groups is 2. The van der Waals surface area contributed by atoms with E-state index in [1.165, 1.54) is 0 Å². The largest absolute Gasteiger partial charge is 0.459 e. The van der Waals surface area contributed by atoms with Gasteiger partial charge in [-0.05, 0) is 26.3 Å². The standard InChI is InChI=1S/C15H20O6/c1-15(2,3)21-14(19)12(17)11(16)13(18)20-9-10-7-5-4-6-8-10/h4-8,11-12,16-17H,9H2,1-3H3/t11-,12-/m1/s1. The van der Waals surface area contributed by atoms with Crippen LogP contribution in [0.4, 0.5) is 0 Å². The molecule has 116 valence electrons. The van der Waals surface area contributed by atoms with Gasteiger partial charge in [0.1, 0.15) is 12.2 Å². The molecule has 1 rings (SSSR count). The molecule has 6 heteroatoms. The van der Waals surface area contributed by atoms with E-state index in [2.05, 4.69) is 0 Å². The summed E-state index contributed by atoms with van der Waals surface area (Å²) < 4.78 is 9.71. The molecule has 6 nitrogen and oxygen atoms in total. The predicted octanol–water partition coefficient (Wildman–Crippen LogP) is 0.793. The normalized spacial score (nSPS) is 14.1. The molecule has 0 amide bonds. The summed E-state index contributed by atoms with van der Waals surface area (Å²) in [5.74, 6) is -2.16. The molecule has 0 aliphatic heterocycles. The Kier molecular flexibility index (Phi) is 5.87. The van der Waals surface area contributed by atoms with E-state index >= 15 is 0 Å². The Morgan fingerprint density at radius 2 is 1.57 bits per heavy atom. The number of aliphatic hydroxyl groups excluding tert-OH is 2. The Morgan fingerprint density at radius 1 is 1.05 bits per heavy atom. The molecule has 21 heavy (non-hydrogen) atoms. The highest BCUT2D eigenvalue weighted by Crippen LogP contribution is 2.11. The lowest BCUT2D eigenvalue weighted by Gasteiger charge is -2.23. The van der Waals surface area contributed by atoms with Crippen molar-refractivity contribution in [3.05, 3.63) is 35.9 Å². The van der Waals surface area contributed by atoms with Gasteiger partial charge in [-0.2, -0.15) is 0 Å². The van der Waals surface area contributed by atoms with Crippen molar-refractivity contribution < 1.29 is 29.3 Å². The van der Waals surface area contributed by atoms with E-state index < -0.39 is 29.7 Å². The first-order valence-corrected chi connectivity index (χ1v) is 6.50. The van der Waals surface area contributed by atoms with Gasteiger partial charge in [-0.25, -0.2) is 9.59 Å². The fraction of sp³-hybridized carbons (Fsp3) is 0.467.